The van der Waals surface area contributed by atoms with Crippen LogP contribution in [0, 0.1) is 0 Å². The number of para-hydroxylation sites is 4. The summed E-state index contributed by atoms with van der Waals surface area (Å²) in [6.07, 6.45) is 0. The average molecular weight is 692 g/mol. The molecule has 11 aromatic rings. The second kappa shape index (κ2) is 10.2. The monoisotopic (exact) mass is 691 g/mol. The molecular formula is C48H26BNO4. The van der Waals surface area contributed by atoms with Crippen molar-refractivity contribution >= 4 is 83.5 Å². The maximum absolute atomic E-state index is 7.02. The molecule has 3 aromatic heterocycles. The minimum Gasteiger partial charge on any atom is -0.551 e. The van der Waals surface area contributed by atoms with Gasteiger partial charge >= 0.3 is 6.92 Å². The molecule has 2 aliphatic rings. The topological polar surface area (TPSA) is 49.7 Å². The molecule has 8 aromatic carbocycles. The summed E-state index contributed by atoms with van der Waals surface area (Å²) in [5, 5.41) is 6.61. The number of aromatic nitrogens is 1. The predicted molar refractivity (Wildman–Crippen MR) is 218 cm³/mol. The van der Waals surface area contributed by atoms with Crippen LogP contribution < -0.4 is 20.3 Å². The molecule has 0 amide bonds. The van der Waals surface area contributed by atoms with Gasteiger partial charge in [0.25, 0.3) is 0 Å². The Bertz CT molecular complexity index is 3370. The summed E-state index contributed by atoms with van der Waals surface area (Å²) in [4.78, 5) is 0. The maximum Gasteiger partial charge on any atom is 0.434 e. The van der Waals surface area contributed by atoms with Crippen molar-refractivity contribution in [2.24, 2.45) is 0 Å². The zero-order valence-electron chi connectivity index (χ0n) is 28.7. The van der Waals surface area contributed by atoms with Crippen molar-refractivity contribution in [2.75, 3.05) is 0 Å². The molecule has 13 rings (SSSR count). The highest BCUT2D eigenvalue weighted by Crippen LogP contribution is 2.45. The Morgan fingerprint density at radius 1 is 0.444 bits per heavy atom. The largest absolute Gasteiger partial charge is 0.551 e. The van der Waals surface area contributed by atoms with Crippen molar-refractivity contribution in [3.8, 4) is 45.2 Å². The van der Waals surface area contributed by atoms with Crippen LogP contribution in [0.25, 0.3) is 93.6 Å². The van der Waals surface area contributed by atoms with Crippen LogP contribution in [0.4, 0.5) is 0 Å². The quantitative estimate of drug-likeness (QED) is 0.169. The van der Waals surface area contributed by atoms with E-state index in [1.807, 2.05) is 24.3 Å². The molecule has 250 valence electrons. The molecule has 5 nitrogen and oxygen atoms in total. The van der Waals surface area contributed by atoms with Gasteiger partial charge in [0.2, 0.25) is 0 Å². The van der Waals surface area contributed by atoms with Gasteiger partial charge in [-0.15, -0.1) is 0 Å². The Kier molecular flexibility index (Phi) is 5.39. The molecule has 0 fully saturated rings. The van der Waals surface area contributed by atoms with E-state index in [2.05, 4.69) is 138 Å². The maximum atomic E-state index is 7.02. The highest BCUT2D eigenvalue weighted by Gasteiger charge is 2.41. The first kappa shape index (κ1) is 28.4. The summed E-state index contributed by atoms with van der Waals surface area (Å²) in [5.41, 5.74) is 13.0. The van der Waals surface area contributed by atoms with Gasteiger partial charge in [-0.3, -0.25) is 0 Å². The number of benzene rings is 8. The third kappa shape index (κ3) is 3.69. The Hall–Kier alpha value is -7.18. The lowest BCUT2D eigenvalue weighted by Gasteiger charge is -2.33. The molecule has 2 aliphatic heterocycles. The predicted octanol–water partition coefficient (Wildman–Crippen LogP) is 11.5. The van der Waals surface area contributed by atoms with E-state index in [1.165, 1.54) is 10.8 Å². The van der Waals surface area contributed by atoms with E-state index in [4.69, 9.17) is 18.2 Å². The lowest BCUT2D eigenvalue weighted by atomic mass is 9.50. The number of furan rings is 2. The molecule has 0 spiro atoms. The van der Waals surface area contributed by atoms with Gasteiger partial charge in [0.15, 0.2) is 0 Å². The van der Waals surface area contributed by atoms with Crippen LogP contribution in [0.1, 0.15) is 0 Å². The summed E-state index contributed by atoms with van der Waals surface area (Å²) in [7, 11) is 0. The van der Waals surface area contributed by atoms with E-state index in [0.717, 1.165) is 111 Å². The Balaban J connectivity index is 1.03. The normalized spacial score (nSPS) is 13.1. The van der Waals surface area contributed by atoms with Crippen molar-refractivity contribution < 1.29 is 18.2 Å². The van der Waals surface area contributed by atoms with E-state index in [9.17, 15) is 0 Å². The minimum absolute atomic E-state index is 0.323. The molecule has 0 bridgehead atoms. The van der Waals surface area contributed by atoms with Crippen molar-refractivity contribution in [1.82, 2.24) is 4.57 Å². The van der Waals surface area contributed by atoms with Gasteiger partial charge in [0.05, 0.1) is 22.1 Å². The smallest absolute Gasteiger partial charge is 0.434 e. The average Bonchev–Trinajstić information content (AvgIpc) is 3.90. The fourth-order valence-electron chi connectivity index (χ4n) is 9.17. The number of hydrogen-bond donors (Lipinski definition) is 0. The molecule has 0 saturated carbocycles. The van der Waals surface area contributed by atoms with Crippen molar-refractivity contribution in [3.63, 3.8) is 0 Å². The molecule has 0 atom stereocenters. The van der Waals surface area contributed by atoms with Gasteiger partial charge < -0.3 is 22.8 Å². The van der Waals surface area contributed by atoms with Crippen LogP contribution in [0.5, 0.6) is 17.2 Å². The number of ether oxygens (including phenoxy) is 1. The minimum atomic E-state index is -0.323. The van der Waals surface area contributed by atoms with Crippen molar-refractivity contribution in [1.29, 1.82) is 0 Å². The fourth-order valence-corrected chi connectivity index (χ4v) is 9.17. The lowest BCUT2D eigenvalue weighted by Crippen LogP contribution is -2.53. The number of rotatable bonds is 2. The number of nitrogens with zero attached hydrogens (tertiary/aromatic N) is 1. The van der Waals surface area contributed by atoms with E-state index in [1.54, 1.807) is 0 Å². The number of fused-ring (bicyclic) bond motifs is 14. The van der Waals surface area contributed by atoms with E-state index in [0.29, 0.717) is 0 Å². The zero-order chi connectivity index (χ0) is 35.1. The summed E-state index contributed by atoms with van der Waals surface area (Å²) in [5.74, 6) is 2.43. The first-order chi connectivity index (χ1) is 26.8. The van der Waals surface area contributed by atoms with E-state index < -0.39 is 0 Å². The summed E-state index contributed by atoms with van der Waals surface area (Å²) < 4.78 is 29.2. The molecule has 54 heavy (non-hydrogen) atoms. The SMILES string of the molecule is c1ccc2c(c1)OB1c3ccc(-c4cccc5oc6ccc7c8ccccc8oc7c6c45)cc3Oc3cc(-n4c5ccccc5c5ccccc54)cc-2c31. The van der Waals surface area contributed by atoms with Gasteiger partial charge in [-0.05, 0) is 71.3 Å². The standard InChI is InChI=1S/C48H26BNO4/c1-5-15-37-30(10-1)31-11-2-6-16-38(31)50(37)28-25-35-33-13-4-8-18-40(33)54-49-36-22-20-27(24-43(36)52-44(26-28)47(35)49)29-14-9-19-41-45(29)46-42(51-41)23-21-34-32-12-3-7-17-39(32)53-48(34)46/h1-26H. The first-order valence-corrected chi connectivity index (χ1v) is 18.3. The lowest BCUT2D eigenvalue weighted by molar-refractivity contribution is 0.479. The van der Waals surface area contributed by atoms with Crippen molar-refractivity contribution in [2.45, 2.75) is 0 Å². The Morgan fingerprint density at radius 2 is 1.17 bits per heavy atom. The summed E-state index contributed by atoms with van der Waals surface area (Å²) in [6.45, 7) is -0.323. The molecule has 0 aliphatic carbocycles. The molecule has 0 unspecified atom stereocenters. The molecule has 0 radical (unpaired) electrons. The third-order valence-electron chi connectivity index (χ3n) is 11.5. The molecule has 5 heterocycles. The highest BCUT2D eigenvalue weighted by molar-refractivity contribution is 6.84. The zero-order valence-corrected chi connectivity index (χ0v) is 28.7. The Labute approximate surface area is 308 Å². The summed E-state index contributed by atoms with van der Waals surface area (Å²) in [6, 6.07) is 55.1. The molecule has 6 heteroatoms. The second-order valence-corrected chi connectivity index (χ2v) is 14.3. The van der Waals surface area contributed by atoms with Gasteiger partial charge in [-0.25, -0.2) is 0 Å². The number of hydrogen-bond acceptors (Lipinski definition) is 4. The molecule has 0 N–H and O–H groups in total. The van der Waals surface area contributed by atoms with Gasteiger partial charge in [-0.2, -0.15) is 0 Å². The van der Waals surface area contributed by atoms with Crippen LogP contribution in [-0.4, -0.2) is 11.5 Å². The van der Waals surface area contributed by atoms with E-state index >= 15 is 0 Å². The molecular weight excluding hydrogens is 665 g/mol. The highest BCUT2D eigenvalue weighted by atomic mass is 16.5. The summed E-state index contributed by atoms with van der Waals surface area (Å²) >= 11 is 0. The molecule has 0 saturated heterocycles. The second-order valence-electron chi connectivity index (χ2n) is 14.3. The van der Waals surface area contributed by atoms with Crippen molar-refractivity contribution in [3.05, 3.63) is 158 Å². The van der Waals surface area contributed by atoms with Crippen LogP contribution in [0.15, 0.2) is 167 Å². The third-order valence-corrected chi connectivity index (χ3v) is 11.5. The van der Waals surface area contributed by atoms with Gasteiger partial charge in [-0.1, -0.05) is 97.1 Å². The van der Waals surface area contributed by atoms with Crippen LogP contribution in [-0.2, 0) is 0 Å². The van der Waals surface area contributed by atoms with E-state index in [-0.39, 0.29) is 6.92 Å². The first-order valence-electron chi connectivity index (χ1n) is 18.3. The van der Waals surface area contributed by atoms with Crippen LogP contribution in [0.3, 0.4) is 0 Å². The Morgan fingerprint density at radius 3 is 2.04 bits per heavy atom. The van der Waals surface area contributed by atoms with Gasteiger partial charge in [0, 0.05) is 49.5 Å². The van der Waals surface area contributed by atoms with Crippen LogP contribution >= 0.6 is 0 Å². The fraction of sp³-hybridized carbons (Fsp3) is 0. The van der Waals surface area contributed by atoms with Gasteiger partial charge in [0.1, 0.15) is 39.6 Å². The van der Waals surface area contributed by atoms with Crippen LogP contribution in [0.2, 0.25) is 0 Å².